The van der Waals surface area contributed by atoms with Crippen LogP contribution < -0.4 is 0 Å². The molecule has 19 heteroatoms. The molecule has 17 nitrogen and oxygen atoms in total. The first-order chi connectivity index (χ1) is 43.7. The molecule has 0 spiro atoms. The van der Waals surface area contributed by atoms with Crippen LogP contribution in [-0.4, -0.2) is 96.7 Å². The lowest BCUT2D eigenvalue weighted by Crippen LogP contribution is -2.30. The Kier molecular flexibility index (Phi) is 60.3. The lowest BCUT2D eigenvalue weighted by Gasteiger charge is -2.21. The maximum absolute atomic E-state index is 13.0. The van der Waals surface area contributed by atoms with Crippen molar-refractivity contribution in [2.45, 2.75) is 375 Å². The molecule has 0 aromatic carbocycles. The van der Waals surface area contributed by atoms with Gasteiger partial charge in [-0.2, -0.15) is 0 Å². The number of esters is 4. The van der Waals surface area contributed by atoms with E-state index in [4.69, 9.17) is 37.0 Å². The molecule has 0 aliphatic heterocycles. The summed E-state index contributed by atoms with van der Waals surface area (Å²) < 4.78 is 68.4. The Morgan fingerprint density at radius 1 is 0.308 bits per heavy atom. The molecule has 0 aliphatic rings. The molecule has 0 fully saturated rings. The van der Waals surface area contributed by atoms with Crippen LogP contribution in [0.1, 0.15) is 357 Å². The van der Waals surface area contributed by atoms with Crippen LogP contribution in [0.5, 0.6) is 0 Å². The molecule has 0 heterocycles. The number of unbranched alkanes of at least 4 members (excludes halogenated alkanes) is 33. The van der Waals surface area contributed by atoms with Gasteiger partial charge < -0.3 is 33.8 Å². The Hall–Kier alpha value is -1.94. The summed E-state index contributed by atoms with van der Waals surface area (Å²) in [5.74, 6) is 0.931. The third-order valence-electron chi connectivity index (χ3n) is 17.3. The quantitative estimate of drug-likeness (QED) is 0.0222. The number of phosphoric ester groups is 2. The van der Waals surface area contributed by atoms with Gasteiger partial charge in [-0.05, 0) is 49.4 Å². The van der Waals surface area contributed by atoms with E-state index < -0.39 is 97.5 Å². The second-order valence-corrected chi connectivity index (χ2v) is 30.3. The molecule has 0 aliphatic carbocycles. The molecule has 7 atom stereocenters. The topological polar surface area (TPSA) is 237 Å². The molecule has 0 saturated carbocycles. The van der Waals surface area contributed by atoms with E-state index in [0.717, 1.165) is 114 Å². The van der Waals surface area contributed by atoms with Crippen LogP contribution in [0.4, 0.5) is 0 Å². The van der Waals surface area contributed by atoms with Crippen LogP contribution in [0.15, 0.2) is 0 Å². The van der Waals surface area contributed by atoms with Gasteiger partial charge >= 0.3 is 39.5 Å². The van der Waals surface area contributed by atoms with Crippen molar-refractivity contribution in [3.63, 3.8) is 0 Å². The van der Waals surface area contributed by atoms with Gasteiger partial charge in [-0.1, -0.05) is 306 Å². The molecule has 5 unspecified atom stereocenters. The number of carbonyl (C=O) groups excluding carboxylic acids is 4. The third kappa shape index (κ3) is 63.9. The molecule has 0 amide bonds. The van der Waals surface area contributed by atoms with Gasteiger partial charge in [-0.25, -0.2) is 9.13 Å². The highest BCUT2D eigenvalue weighted by atomic mass is 31.2. The Bertz CT molecular complexity index is 1800. The Morgan fingerprint density at radius 2 is 0.527 bits per heavy atom. The highest BCUT2D eigenvalue weighted by molar-refractivity contribution is 7.47. The number of hydrogen-bond donors (Lipinski definition) is 3. The standard InChI is InChI=1S/C72H140O17P2/c1-9-64(7)50-42-34-26-18-15-16-20-29-38-46-54-71(76)88-67(58-82-69(74)52-44-36-28-19-14-12-11-13-17-24-32-40-48-62(3)4)60-86-90(78,79)84-56-66(73)57-85-91(80,81)87-61-68(59-83-70(75)53-45-37-31-23-25-33-41-49-63(5)6)89-72(77)55-47-39-30-22-21-27-35-43-51-65(8)10-2/h62-68,73H,9-61H2,1-8H3,(H,78,79)(H,80,81)/t64?,65?,66?,67-,68-/m1/s1. The highest BCUT2D eigenvalue weighted by Crippen LogP contribution is 2.45. The molecule has 0 aromatic rings. The zero-order valence-corrected chi connectivity index (χ0v) is 61.3. The summed E-state index contributed by atoms with van der Waals surface area (Å²) in [5, 5.41) is 10.6. The summed E-state index contributed by atoms with van der Waals surface area (Å²) in [7, 11) is -9.91. The molecule has 0 aromatic heterocycles. The molecular weight excluding hydrogens is 1200 g/mol. The van der Waals surface area contributed by atoms with Crippen molar-refractivity contribution in [3.8, 4) is 0 Å². The fourth-order valence-corrected chi connectivity index (χ4v) is 12.4. The number of rotatable bonds is 69. The number of hydrogen-bond acceptors (Lipinski definition) is 15. The second-order valence-electron chi connectivity index (χ2n) is 27.4. The van der Waals surface area contributed by atoms with Crippen molar-refractivity contribution in [2.75, 3.05) is 39.6 Å². The van der Waals surface area contributed by atoms with E-state index in [-0.39, 0.29) is 25.7 Å². The number of ether oxygens (including phenoxy) is 4. The van der Waals surface area contributed by atoms with Crippen LogP contribution in [0.2, 0.25) is 0 Å². The van der Waals surface area contributed by atoms with E-state index in [1.807, 2.05) is 0 Å². The summed E-state index contributed by atoms with van der Waals surface area (Å²) in [4.78, 5) is 72.6. The summed E-state index contributed by atoms with van der Waals surface area (Å²) in [5.41, 5.74) is 0. The monoisotopic (exact) mass is 1340 g/mol. The van der Waals surface area contributed by atoms with E-state index in [2.05, 4.69) is 55.4 Å². The Labute approximate surface area is 556 Å². The fraction of sp³-hybridized carbons (Fsp3) is 0.944. The van der Waals surface area contributed by atoms with Crippen molar-refractivity contribution in [1.29, 1.82) is 0 Å². The van der Waals surface area contributed by atoms with Crippen molar-refractivity contribution in [2.24, 2.45) is 23.7 Å². The van der Waals surface area contributed by atoms with Gasteiger partial charge in [0.25, 0.3) is 0 Å². The third-order valence-corrected chi connectivity index (χ3v) is 19.2. The smallest absolute Gasteiger partial charge is 0.462 e. The minimum atomic E-state index is -4.95. The molecule has 0 saturated heterocycles. The van der Waals surface area contributed by atoms with Crippen LogP contribution in [-0.2, 0) is 65.4 Å². The number of phosphoric acid groups is 2. The van der Waals surface area contributed by atoms with Gasteiger partial charge in [0.15, 0.2) is 12.2 Å². The van der Waals surface area contributed by atoms with Crippen LogP contribution in [0.25, 0.3) is 0 Å². The van der Waals surface area contributed by atoms with Crippen LogP contribution in [0.3, 0.4) is 0 Å². The first-order valence-electron chi connectivity index (χ1n) is 37.3. The van der Waals surface area contributed by atoms with Gasteiger partial charge in [0, 0.05) is 25.7 Å². The summed E-state index contributed by atoms with van der Waals surface area (Å²) in [6.45, 7) is 14.1. The van der Waals surface area contributed by atoms with Gasteiger partial charge in [0.1, 0.15) is 19.3 Å². The van der Waals surface area contributed by atoms with Crippen LogP contribution >= 0.6 is 15.6 Å². The van der Waals surface area contributed by atoms with E-state index >= 15 is 0 Å². The summed E-state index contributed by atoms with van der Waals surface area (Å²) in [6, 6.07) is 0. The minimum Gasteiger partial charge on any atom is -0.462 e. The zero-order valence-electron chi connectivity index (χ0n) is 59.5. The maximum atomic E-state index is 13.0. The predicted octanol–water partition coefficient (Wildman–Crippen LogP) is 20.5. The second kappa shape index (κ2) is 61.6. The van der Waals surface area contributed by atoms with Crippen molar-refractivity contribution in [3.05, 3.63) is 0 Å². The summed E-state index contributed by atoms with van der Waals surface area (Å²) >= 11 is 0. The van der Waals surface area contributed by atoms with Crippen molar-refractivity contribution in [1.82, 2.24) is 0 Å². The molecule has 0 bridgehead atoms. The first-order valence-corrected chi connectivity index (χ1v) is 40.3. The molecule has 0 radical (unpaired) electrons. The fourth-order valence-electron chi connectivity index (χ4n) is 10.8. The minimum absolute atomic E-state index is 0.104. The first kappa shape index (κ1) is 89.1. The van der Waals surface area contributed by atoms with Crippen molar-refractivity contribution < 1.29 is 80.2 Å². The highest BCUT2D eigenvalue weighted by Gasteiger charge is 2.30. The SMILES string of the molecule is CCC(C)CCCCCCCCCCCCC(=O)O[C@H](COC(=O)CCCCCCCCCCCCCCC(C)C)COP(=O)(O)OCC(O)COP(=O)(O)OC[C@@H](COC(=O)CCCCCCCCCC(C)C)OC(=O)CCCCCCCCCCC(C)CC. The average molecular weight is 1340 g/mol. The van der Waals surface area contributed by atoms with Gasteiger partial charge in [0.05, 0.1) is 26.4 Å². The largest absolute Gasteiger partial charge is 0.472 e. The molecule has 91 heavy (non-hydrogen) atoms. The summed E-state index contributed by atoms with van der Waals surface area (Å²) in [6.07, 6.45) is 44.3. The lowest BCUT2D eigenvalue weighted by atomic mass is 9.99. The number of carbonyl (C=O) groups is 4. The molecule has 0 rings (SSSR count). The van der Waals surface area contributed by atoms with E-state index in [0.29, 0.717) is 31.6 Å². The number of aliphatic hydroxyl groups is 1. The Balaban J connectivity index is 5.27. The zero-order chi connectivity index (χ0) is 67.5. The molecular formula is C72H140O17P2. The number of aliphatic hydroxyl groups excluding tert-OH is 1. The Morgan fingerprint density at radius 3 is 0.780 bits per heavy atom. The van der Waals surface area contributed by atoms with Gasteiger partial charge in [-0.15, -0.1) is 0 Å². The average Bonchev–Trinajstić information content (AvgIpc) is 3.34. The van der Waals surface area contributed by atoms with E-state index in [9.17, 15) is 43.2 Å². The normalized spacial score (nSPS) is 14.8. The van der Waals surface area contributed by atoms with E-state index in [1.165, 1.54) is 154 Å². The molecule has 540 valence electrons. The van der Waals surface area contributed by atoms with Crippen LogP contribution in [0, 0.1) is 23.7 Å². The molecule has 3 N–H and O–H groups in total. The van der Waals surface area contributed by atoms with Gasteiger partial charge in [0.2, 0.25) is 0 Å². The lowest BCUT2D eigenvalue weighted by molar-refractivity contribution is -0.161. The van der Waals surface area contributed by atoms with Gasteiger partial charge in [-0.3, -0.25) is 37.3 Å². The maximum Gasteiger partial charge on any atom is 0.472 e. The van der Waals surface area contributed by atoms with Crippen molar-refractivity contribution >= 4 is 39.5 Å². The predicted molar refractivity (Wildman–Crippen MR) is 367 cm³/mol. The van der Waals surface area contributed by atoms with E-state index in [1.54, 1.807) is 0 Å².